The Kier molecular flexibility index (Phi) is 8.25. The van der Waals surface area contributed by atoms with Gasteiger partial charge < -0.3 is 19.7 Å². The van der Waals surface area contributed by atoms with Gasteiger partial charge in [0.1, 0.15) is 0 Å². The van der Waals surface area contributed by atoms with Crippen LogP contribution >= 0.6 is 0 Å². The van der Waals surface area contributed by atoms with Gasteiger partial charge in [-0.15, -0.1) is 0 Å². The highest BCUT2D eigenvalue weighted by Gasteiger charge is 2.24. The van der Waals surface area contributed by atoms with Gasteiger partial charge in [0.05, 0.1) is 6.61 Å². The van der Waals surface area contributed by atoms with Gasteiger partial charge in [-0.2, -0.15) is 0 Å². The maximum atomic E-state index is 12.4. The third-order valence-corrected chi connectivity index (χ3v) is 4.47. The van der Waals surface area contributed by atoms with E-state index in [9.17, 15) is 9.59 Å². The number of nitrogens with one attached hydrogen (secondary N) is 1. The first-order valence-corrected chi connectivity index (χ1v) is 9.55. The Bertz CT molecular complexity index is 583. The highest BCUT2D eigenvalue weighted by molar-refractivity contribution is 5.78. The molecule has 144 valence electrons. The topological polar surface area (TPSA) is 67.9 Å². The maximum Gasteiger partial charge on any atom is 0.260 e. The molecule has 0 saturated carbocycles. The van der Waals surface area contributed by atoms with Gasteiger partial charge in [-0.3, -0.25) is 9.59 Å². The zero-order valence-corrected chi connectivity index (χ0v) is 15.8. The SMILES string of the molecule is CCCCC(=O)NC1CCN(C(=O)COc2ccccc2OCC)CC1. The van der Waals surface area contributed by atoms with E-state index in [1.165, 1.54) is 0 Å². The molecule has 0 spiro atoms. The quantitative estimate of drug-likeness (QED) is 0.733. The molecular weight excluding hydrogens is 332 g/mol. The zero-order valence-electron chi connectivity index (χ0n) is 15.8. The van der Waals surface area contributed by atoms with E-state index in [4.69, 9.17) is 9.47 Å². The fourth-order valence-corrected chi connectivity index (χ4v) is 2.99. The lowest BCUT2D eigenvalue weighted by atomic mass is 10.0. The van der Waals surface area contributed by atoms with Crippen molar-refractivity contribution in [3.8, 4) is 11.5 Å². The molecule has 2 amide bonds. The molecule has 1 aliphatic rings. The minimum Gasteiger partial charge on any atom is -0.490 e. The molecule has 1 aliphatic heterocycles. The molecule has 6 heteroatoms. The molecule has 0 aromatic heterocycles. The van der Waals surface area contributed by atoms with Crippen LogP contribution in [0.1, 0.15) is 46.0 Å². The van der Waals surface area contributed by atoms with Crippen molar-refractivity contribution in [2.24, 2.45) is 0 Å². The highest BCUT2D eigenvalue weighted by atomic mass is 16.5. The molecule has 1 N–H and O–H groups in total. The fraction of sp³-hybridized carbons (Fsp3) is 0.600. The number of hydrogen-bond acceptors (Lipinski definition) is 4. The Morgan fingerprint density at radius 3 is 2.38 bits per heavy atom. The molecule has 1 heterocycles. The molecule has 26 heavy (non-hydrogen) atoms. The second-order valence-electron chi connectivity index (χ2n) is 6.49. The third-order valence-electron chi connectivity index (χ3n) is 4.47. The predicted octanol–water partition coefficient (Wildman–Crippen LogP) is 2.76. The van der Waals surface area contributed by atoms with Crippen LogP contribution in [0.15, 0.2) is 24.3 Å². The van der Waals surface area contributed by atoms with Crippen molar-refractivity contribution in [3.05, 3.63) is 24.3 Å². The van der Waals surface area contributed by atoms with Gasteiger partial charge in [0, 0.05) is 25.6 Å². The molecule has 1 saturated heterocycles. The largest absolute Gasteiger partial charge is 0.490 e. The van der Waals surface area contributed by atoms with Gasteiger partial charge in [0.25, 0.3) is 5.91 Å². The number of hydrogen-bond donors (Lipinski definition) is 1. The molecule has 0 aliphatic carbocycles. The van der Waals surface area contributed by atoms with Crippen molar-refractivity contribution in [2.75, 3.05) is 26.3 Å². The Hall–Kier alpha value is -2.24. The number of piperidine rings is 1. The lowest BCUT2D eigenvalue weighted by Gasteiger charge is -2.32. The molecular formula is C20H30N2O4. The number of benzene rings is 1. The molecule has 1 fully saturated rings. The molecule has 0 atom stereocenters. The second-order valence-corrected chi connectivity index (χ2v) is 6.49. The maximum absolute atomic E-state index is 12.4. The summed E-state index contributed by atoms with van der Waals surface area (Å²) in [5.74, 6) is 1.32. The van der Waals surface area contributed by atoms with Crippen LogP contribution in [0.2, 0.25) is 0 Å². The number of carbonyl (C=O) groups excluding carboxylic acids is 2. The van der Waals surface area contributed by atoms with Gasteiger partial charge in [0.2, 0.25) is 5.91 Å². The smallest absolute Gasteiger partial charge is 0.260 e. The van der Waals surface area contributed by atoms with Crippen molar-refractivity contribution >= 4 is 11.8 Å². The van der Waals surface area contributed by atoms with Gasteiger partial charge >= 0.3 is 0 Å². The number of para-hydroxylation sites is 2. The van der Waals surface area contributed by atoms with Crippen LogP contribution in [0, 0.1) is 0 Å². The Morgan fingerprint density at radius 2 is 1.77 bits per heavy atom. The number of ether oxygens (including phenoxy) is 2. The van der Waals surface area contributed by atoms with E-state index in [0.717, 1.165) is 25.7 Å². The zero-order chi connectivity index (χ0) is 18.8. The Balaban J connectivity index is 1.74. The average Bonchev–Trinajstić information content (AvgIpc) is 2.66. The van der Waals surface area contributed by atoms with Gasteiger partial charge in [-0.25, -0.2) is 0 Å². The summed E-state index contributed by atoms with van der Waals surface area (Å²) in [5, 5.41) is 3.07. The normalized spacial score (nSPS) is 14.8. The monoisotopic (exact) mass is 362 g/mol. The number of amides is 2. The van der Waals surface area contributed by atoms with Crippen molar-refractivity contribution in [1.82, 2.24) is 10.2 Å². The standard InChI is InChI=1S/C20H30N2O4/c1-3-5-10-19(23)21-16-11-13-22(14-12-16)20(24)15-26-18-9-7-6-8-17(18)25-4-2/h6-9,16H,3-5,10-15H2,1-2H3,(H,21,23). The third kappa shape index (κ3) is 6.24. The van der Waals surface area contributed by atoms with Crippen LogP contribution in [0.3, 0.4) is 0 Å². The van der Waals surface area contributed by atoms with Crippen LogP contribution in [0.25, 0.3) is 0 Å². The first-order valence-electron chi connectivity index (χ1n) is 9.55. The summed E-state index contributed by atoms with van der Waals surface area (Å²) in [5.41, 5.74) is 0. The van der Waals surface area contributed by atoms with Crippen LogP contribution < -0.4 is 14.8 Å². The summed E-state index contributed by atoms with van der Waals surface area (Å²) in [4.78, 5) is 26.0. The first-order chi connectivity index (χ1) is 12.6. The van der Waals surface area contributed by atoms with E-state index in [1.807, 2.05) is 25.1 Å². The summed E-state index contributed by atoms with van der Waals surface area (Å²) in [7, 11) is 0. The first kappa shape index (κ1) is 20.1. The lowest BCUT2D eigenvalue weighted by molar-refractivity contribution is -0.134. The Labute approximate surface area is 155 Å². The van der Waals surface area contributed by atoms with E-state index in [-0.39, 0.29) is 24.5 Å². The van der Waals surface area contributed by atoms with Crippen molar-refractivity contribution < 1.29 is 19.1 Å². The van der Waals surface area contributed by atoms with Gasteiger partial charge in [0.15, 0.2) is 18.1 Å². The van der Waals surface area contributed by atoms with E-state index in [0.29, 0.717) is 37.6 Å². The molecule has 1 aromatic rings. The van der Waals surface area contributed by atoms with Gasteiger partial charge in [-0.05, 0) is 38.3 Å². The van der Waals surface area contributed by atoms with Crippen LogP contribution in [-0.4, -0.2) is 49.1 Å². The second kappa shape index (κ2) is 10.7. The number of carbonyl (C=O) groups is 2. The lowest BCUT2D eigenvalue weighted by Crippen LogP contribution is -2.47. The van der Waals surface area contributed by atoms with E-state index in [1.54, 1.807) is 11.0 Å². The molecule has 0 radical (unpaired) electrons. The molecule has 1 aromatic carbocycles. The Morgan fingerprint density at radius 1 is 1.12 bits per heavy atom. The van der Waals surface area contributed by atoms with E-state index < -0.39 is 0 Å². The summed E-state index contributed by atoms with van der Waals surface area (Å²) >= 11 is 0. The summed E-state index contributed by atoms with van der Waals surface area (Å²) in [6.07, 6.45) is 4.11. The van der Waals surface area contributed by atoms with Crippen molar-refractivity contribution in [3.63, 3.8) is 0 Å². The number of rotatable bonds is 9. The molecule has 0 bridgehead atoms. The number of likely N-dealkylation sites (tertiary alicyclic amines) is 1. The van der Waals surface area contributed by atoms with E-state index >= 15 is 0 Å². The number of unbranched alkanes of at least 4 members (excludes halogenated alkanes) is 1. The predicted molar refractivity (Wildman–Crippen MR) is 100 cm³/mol. The molecule has 6 nitrogen and oxygen atoms in total. The number of nitrogens with zero attached hydrogens (tertiary/aromatic N) is 1. The van der Waals surface area contributed by atoms with Crippen LogP contribution in [0.4, 0.5) is 0 Å². The molecule has 2 rings (SSSR count). The van der Waals surface area contributed by atoms with Crippen molar-refractivity contribution in [2.45, 2.75) is 52.0 Å². The summed E-state index contributed by atoms with van der Waals surface area (Å²) < 4.78 is 11.2. The summed E-state index contributed by atoms with van der Waals surface area (Å²) in [6.45, 7) is 5.82. The van der Waals surface area contributed by atoms with Gasteiger partial charge in [-0.1, -0.05) is 25.5 Å². The van der Waals surface area contributed by atoms with E-state index in [2.05, 4.69) is 12.2 Å². The van der Waals surface area contributed by atoms with Crippen molar-refractivity contribution in [1.29, 1.82) is 0 Å². The van der Waals surface area contributed by atoms with Crippen LogP contribution in [-0.2, 0) is 9.59 Å². The average molecular weight is 362 g/mol. The summed E-state index contributed by atoms with van der Waals surface area (Å²) in [6, 6.07) is 7.53. The fourth-order valence-electron chi connectivity index (χ4n) is 2.99. The minimum absolute atomic E-state index is 0.00237. The van der Waals surface area contributed by atoms with Crippen LogP contribution in [0.5, 0.6) is 11.5 Å². The highest BCUT2D eigenvalue weighted by Crippen LogP contribution is 2.26. The minimum atomic E-state index is -0.0351. The molecule has 0 unspecified atom stereocenters.